The van der Waals surface area contributed by atoms with Crippen LogP contribution in [0.2, 0.25) is 0 Å². The van der Waals surface area contributed by atoms with E-state index in [0.29, 0.717) is 31.5 Å². The Bertz CT molecular complexity index is 965. The van der Waals surface area contributed by atoms with E-state index in [-0.39, 0.29) is 42.3 Å². The summed E-state index contributed by atoms with van der Waals surface area (Å²) in [5.74, 6) is -2.28. The summed E-state index contributed by atoms with van der Waals surface area (Å²) >= 11 is 0. The van der Waals surface area contributed by atoms with Crippen LogP contribution in [0.5, 0.6) is 0 Å². The van der Waals surface area contributed by atoms with E-state index in [2.05, 4.69) is 26.0 Å². The molecule has 1 saturated heterocycles. The lowest BCUT2D eigenvalue weighted by Gasteiger charge is -2.36. The number of hydrogen-bond acceptors (Lipinski definition) is 9. The number of aryl methyl sites for hydroxylation is 1. The molecule has 12 heteroatoms. The minimum absolute atomic E-state index is 0.0219. The number of nitrogens with zero attached hydrogens (tertiary/aromatic N) is 3. The lowest BCUT2D eigenvalue weighted by molar-refractivity contribution is -0.147. The zero-order chi connectivity index (χ0) is 27.5. The third-order valence-corrected chi connectivity index (χ3v) is 5.72. The predicted octanol–water partition coefficient (Wildman–Crippen LogP) is 0.700. The van der Waals surface area contributed by atoms with Crippen molar-refractivity contribution in [1.29, 1.82) is 0 Å². The fourth-order valence-electron chi connectivity index (χ4n) is 3.78. The van der Waals surface area contributed by atoms with E-state index in [4.69, 9.17) is 4.74 Å². The highest BCUT2D eigenvalue weighted by molar-refractivity contribution is 5.95. The third kappa shape index (κ3) is 9.52. The number of esters is 1. The number of carbonyl (C=O) groups excluding carboxylic acids is 5. The Labute approximate surface area is 217 Å². The predicted molar refractivity (Wildman–Crippen MR) is 134 cm³/mol. The number of carbonyl (C=O) groups is 5. The van der Waals surface area contributed by atoms with Crippen LogP contribution in [0.25, 0.3) is 0 Å². The van der Waals surface area contributed by atoms with Crippen LogP contribution in [0.1, 0.15) is 69.6 Å². The van der Waals surface area contributed by atoms with Gasteiger partial charge in [0.1, 0.15) is 6.04 Å². The zero-order valence-corrected chi connectivity index (χ0v) is 22.2. The molecule has 0 aromatic carbocycles. The van der Waals surface area contributed by atoms with E-state index in [0.717, 1.165) is 0 Å². The van der Waals surface area contributed by atoms with Crippen LogP contribution in [-0.4, -0.2) is 76.2 Å². The summed E-state index contributed by atoms with van der Waals surface area (Å²) in [7, 11) is 0. The summed E-state index contributed by atoms with van der Waals surface area (Å²) in [5, 5.41) is 6.73. The molecular formula is C25H38N6O6. The average molecular weight is 519 g/mol. The van der Waals surface area contributed by atoms with Crippen molar-refractivity contribution >= 4 is 29.5 Å². The van der Waals surface area contributed by atoms with Crippen LogP contribution in [0.4, 0.5) is 0 Å². The van der Waals surface area contributed by atoms with Gasteiger partial charge in [-0.05, 0) is 31.6 Å². The fourth-order valence-corrected chi connectivity index (χ4v) is 3.78. The second-order valence-corrected chi connectivity index (χ2v) is 9.84. The monoisotopic (exact) mass is 518 g/mol. The lowest BCUT2D eigenvalue weighted by Crippen LogP contribution is -2.61. The number of amides is 3. The second kappa shape index (κ2) is 14.4. The largest absolute Gasteiger partial charge is 0.453 e. The molecule has 2 rings (SSSR count). The van der Waals surface area contributed by atoms with Crippen LogP contribution in [-0.2, 0) is 23.9 Å². The Morgan fingerprint density at radius 3 is 2.49 bits per heavy atom. The maximum Gasteiger partial charge on any atom is 0.358 e. The Hall–Kier alpha value is -3.41. The average Bonchev–Trinajstić information content (AvgIpc) is 2.85. The number of hydrazine groups is 1. The quantitative estimate of drug-likeness (QED) is 0.338. The highest BCUT2D eigenvalue weighted by Gasteiger charge is 2.35. The Balaban J connectivity index is 1.94. The number of aromatic nitrogens is 2. The molecule has 1 aliphatic rings. The third-order valence-electron chi connectivity index (χ3n) is 5.72. The van der Waals surface area contributed by atoms with Gasteiger partial charge in [0.05, 0.1) is 17.9 Å². The molecule has 37 heavy (non-hydrogen) atoms. The van der Waals surface area contributed by atoms with Crippen LogP contribution in [0, 0.1) is 18.8 Å². The lowest BCUT2D eigenvalue weighted by atomic mass is 9.98. The van der Waals surface area contributed by atoms with Crippen molar-refractivity contribution in [2.75, 3.05) is 19.7 Å². The smallest absolute Gasteiger partial charge is 0.358 e. The maximum absolute atomic E-state index is 13.1. The van der Waals surface area contributed by atoms with Gasteiger partial charge in [-0.1, -0.05) is 27.7 Å². The number of hydrogen-bond donors (Lipinski definition) is 3. The van der Waals surface area contributed by atoms with Gasteiger partial charge in [0, 0.05) is 32.1 Å². The van der Waals surface area contributed by atoms with Crippen molar-refractivity contribution in [1.82, 2.24) is 31.0 Å². The van der Waals surface area contributed by atoms with Crippen LogP contribution in [0.15, 0.2) is 12.4 Å². The molecule has 0 radical (unpaired) electrons. The van der Waals surface area contributed by atoms with Crippen molar-refractivity contribution in [3.63, 3.8) is 0 Å². The van der Waals surface area contributed by atoms with Gasteiger partial charge in [0.2, 0.25) is 17.7 Å². The minimum Gasteiger partial charge on any atom is -0.453 e. The molecule has 2 heterocycles. The van der Waals surface area contributed by atoms with Crippen LogP contribution >= 0.6 is 0 Å². The molecule has 3 N–H and O–H groups in total. The van der Waals surface area contributed by atoms with E-state index >= 15 is 0 Å². The van der Waals surface area contributed by atoms with Gasteiger partial charge in [-0.15, -0.1) is 0 Å². The summed E-state index contributed by atoms with van der Waals surface area (Å²) in [6.07, 6.45) is 4.18. The molecular weight excluding hydrogens is 480 g/mol. The highest BCUT2D eigenvalue weighted by Crippen LogP contribution is 2.14. The standard InChI is InChI=1S/C25H38N6O6/c1-15(2)11-21(33)26-10-8-22(34)31-19(7-6-9-29-31)24(35)30-23(16(3)4)20(32)14-37-25(36)18-13-27-17(5)12-28-18/h12-13,15-16,19,23,29H,6-11,14H2,1-5H3,(H,26,33)(H,30,35)/t19-,23-/m0/s1. The first-order valence-corrected chi connectivity index (χ1v) is 12.6. The Kier molecular flexibility index (Phi) is 11.6. The number of ketones is 1. The van der Waals surface area contributed by atoms with Gasteiger partial charge in [-0.3, -0.25) is 29.2 Å². The molecule has 3 amide bonds. The van der Waals surface area contributed by atoms with Gasteiger partial charge < -0.3 is 15.4 Å². The summed E-state index contributed by atoms with van der Waals surface area (Å²) in [6.45, 7) is 9.27. The van der Waals surface area contributed by atoms with Crippen molar-refractivity contribution < 1.29 is 28.7 Å². The summed E-state index contributed by atoms with van der Waals surface area (Å²) in [5.41, 5.74) is 3.57. The molecule has 2 atom stereocenters. The topological polar surface area (TPSA) is 160 Å². The summed E-state index contributed by atoms with van der Waals surface area (Å²) in [6, 6.07) is -1.73. The van der Waals surface area contributed by atoms with Gasteiger partial charge in [0.15, 0.2) is 18.1 Å². The van der Waals surface area contributed by atoms with Crippen molar-refractivity contribution in [3.8, 4) is 0 Å². The SMILES string of the molecule is Cc1cnc(C(=O)OCC(=O)[C@@H](NC(=O)[C@@H]2CCCNN2C(=O)CCNC(=O)CC(C)C)C(C)C)cn1. The van der Waals surface area contributed by atoms with E-state index in [1.165, 1.54) is 17.4 Å². The van der Waals surface area contributed by atoms with Gasteiger partial charge in [-0.25, -0.2) is 15.2 Å². The van der Waals surface area contributed by atoms with E-state index in [9.17, 15) is 24.0 Å². The second-order valence-electron chi connectivity index (χ2n) is 9.84. The molecule has 0 unspecified atom stereocenters. The van der Waals surface area contributed by atoms with E-state index in [1.54, 1.807) is 20.8 Å². The number of ether oxygens (including phenoxy) is 1. The normalized spacial score (nSPS) is 16.3. The molecule has 1 aliphatic heterocycles. The maximum atomic E-state index is 13.1. The number of Topliss-reactive ketones (excluding diaryl/α,β-unsaturated/α-hetero) is 1. The minimum atomic E-state index is -0.918. The molecule has 1 aromatic heterocycles. The molecule has 0 bridgehead atoms. The van der Waals surface area contributed by atoms with E-state index < -0.39 is 36.4 Å². The molecule has 0 spiro atoms. The highest BCUT2D eigenvalue weighted by atomic mass is 16.5. The van der Waals surface area contributed by atoms with Gasteiger partial charge >= 0.3 is 5.97 Å². The first kappa shape index (κ1) is 29.8. The van der Waals surface area contributed by atoms with Crippen LogP contribution in [0.3, 0.4) is 0 Å². The first-order valence-electron chi connectivity index (χ1n) is 12.6. The van der Waals surface area contributed by atoms with E-state index in [1.807, 2.05) is 13.8 Å². The molecule has 1 fully saturated rings. The summed E-state index contributed by atoms with van der Waals surface area (Å²) in [4.78, 5) is 70.7. The number of rotatable bonds is 12. The fraction of sp³-hybridized carbons (Fsp3) is 0.640. The first-order chi connectivity index (χ1) is 17.5. The van der Waals surface area contributed by atoms with Crippen molar-refractivity contribution in [2.24, 2.45) is 11.8 Å². The van der Waals surface area contributed by atoms with Gasteiger partial charge in [-0.2, -0.15) is 0 Å². The Morgan fingerprint density at radius 1 is 1.14 bits per heavy atom. The van der Waals surface area contributed by atoms with Gasteiger partial charge in [0.25, 0.3) is 0 Å². The molecule has 204 valence electrons. The van der Waals surface area contributed by atoms with Crippen molar-refractivity contribution in [2.45, 2.75) is 72.4 Å². The Morgan fingerprint density at radius 2 is 1.86 bits per heavy atom. The zero-order valence-electron chi connectivity index (χ0n) is 22.2. The number of nitrogens with one attached hydrogen (secondary N) is 3. The van der Waals surface area contributed by atoms with Crippen molar-refractivity contribution in [3.05, 3.63) is 23.8 Å². The molecule has 1 aromatic rings. The summed E-state index contributed by atoms with van der Waals surface area (Å²) < 4.78 is 5.08. The molecule has 0 saturated carbocycles. The molecule has 0 aliphatic carbocycles. The van der Waals surface area contributed by atoms with Crippen LogP contribution < -0.4 is 16.1 Å². The molecule has 12 nitrogen and oxygen atoms in total.